The highest BCUT2D eigenvalue weighted by Gasteiger charge is 2.26. The molecular weight excluding hydrogens is 368 g/mol. The van der Waals surface area contributed by atoms with Gasteiger partial charge in [-0.15, -0.1) is 0 Å². The lowest BCUT2D eigenvalue weighted by Gasteiger charge is -2.15. The lowest BCUT2D eigenvalue weighted by Crippen LogP contribution is -2.27. The second kappa shape index (κ2) is 8.32. The van der Waals surface area contributed by atoms with Crippen molar-refractivity contribution in [3.05, 3.63) is 60.2 Å². The first kappa shape index (κ1) is 19.1. The molecule has 7 nitrogen and oxygen atoms in total. The highest BCUT2D eigenvalue weighted by Crippen LogP contribution is 2.22. The van der Waals surface area contributed by atoms with Crippen molar-refractivity contribution < 1.29 is 22.7 Å². The molecule has 2 aromatic rings. The van der Waals surface area contributed by atoms with E-state index in [1.54, 1.807) is 30.3 Å². The minimum Gasteiger partial charge on any atom is -0.452 e. The molecule has 1 aliphatic rings. The van der Waals surface area contributed by atoms with Crippen molar-refractivity contribution in [1.82, 2.24) is 4.31 Å². The molecule has 0 aliphatic carbocycles. The summed E-state index contributed by atoms with van der Waals surface area (Å²) in [6, 6.07) is 14.3. The van der Waals surface area contributed by atoms with Gasteiger partial charge in [0.25, 0.3) is 5.91 Å². The van der Waals surface area contributed by atoms with Crippen LogP contribution in [0.2, 0.25) is 0 Å². The Kier molecular flexibility index (Phi) is 5.88. The minimum absolute atomic E-state index is 0.193. The maximum atomic E-state index is 12.5. The number of nitrogens with zero attached hydrogens (tertiary/aromatic N) is 1. The molecule has 1 saturated heterocycles. The molecule has 2 aromatic carbocycles. The maximum absolute atomic E-state index is 12.5. The Bertz CT molecular complexity index is 905. The second-order valence-electron chi connectivity index (χ2n) is 6.13. The fourth-order valence-corrected chi connectivity index (χ4v) is 4.29. The Labute approximate surface area is 158 Å². The fourth-order valence-electron chi connectivity index (χ4n) is 2.77. The third kappa shape index (κ3) is 4.72. The highest BCUT2D eigenvalue weighted by molar-refractivity contribution is 7.89. The van der Waals surface area contributed by atoms with E-state index in [0.29, 0.717) is 24.3 Å². The number of sulfonamides is 1. The minimum atomic E-state index is -3.48. The zero-order valence-electron chi connectivity index (χ0n) is 14.6. The molecule has 1 aliphatic heterocycles. The number of esters is 1. The molecule has 0 aromatic heterocycles. The van der Waals surface area contributed by atoms with Crippen LogP contribution < -0.4 is 5.32 Å². The SMILES string of the molecule is O=C(COC(=O)c1ccccc1)Nc1ccc(S(=O)(=O)N2CCCC2)cc1. The van der Waals surface area contributed by atoms with Gasteiger partial charge in [-0.05, 0) is 49.2 Å². The van der Waals surface area contributed by atoms with Gasteiger partial charge in [-0.1, -0.05) is 18.2 Å². The lowest BCUT2D eigenvalue weighted by molar-refractivity contribution is -0.119. The van der Waals surface area contributed by atoms with E-state index in [0.717, 1.165) is 12.8 Å². The van der Waals surface area contributed by atoms with Crippen molar-refractivity contribution in [3.8, 4) is 0 Å². The molecule has 0 spiro atoms. The number of benzene rings is 2. The van der Waals surface area contributed by atoms with E-state index in [1.807, 2.05) is 0 Å². The molecule has 0 atom stereocenters. The molecule has 142 valence electrons. The molecule has 0 unspecified atom stereocenters. The molecule has 1 fully saturated rings. The Hall–Kier alpha value is -2.71. The molecule has 27 heavy (non-hydrogen) atoms. The van der Waals surface area contributed by atoms with Crippen molar-refractivity contribution in [2.45, 2.75) is 17.7 Å². The van der Waals surface area contributed by atoms with Gasteiger partial charge in [0.15, 0.2) is 6.61 Å². The Balaban J connectivity index is 1.55. The summed E-state index contributed by atoms with van der Waals surface area (Å²) in [6.45, 7) is 0.642. The average Bonchev–Trinajstić information content (AvgIpc) is 3.23. The number of amides is 1. The Morgan fingerprint density at radius 1 is 0.963 bits per heavy atom. The first-order valence-corrected chi connectivity index (χ1v) is 10.0. The topological polar surface area (TPSA) is 92.8 Å². The normalized spacial score (nSPS) is 14.7. The molecule has 1 amide bonds. The van der Waals surface area contributed by atoms with Gasteiger partial charge in [0, 0.05) is 18.8 Å². The van der Waals surface area contributed by atoms with Crippen molar-refractivity contribution in [3.63, 3.8) is 0 Å². The van der Waals surface area contributed by atoms with Crippen LogP contribution in [0.1, 0.15) is 23.2 Å². The third-order valence-corrected chi connectivity index (χ3v) is 6.10. The molecule has 1 N–H and O–H groups in total. The van der Waals surface area contributed by atoms with Crippen LogP contribution in [-0.4, -0.2) is 44.3 Å². The van der Waals surface area contributed by atoms with E-state index >= 15 is 0 Å². The van der Waals surface area contributed by atoms with Crippen LogP contribution in [0.5, 0.6) is 0 Å². The summed E-state index contributed by atoms with van der Waals surface area (Å²) < 4.78 is 31.3. The fraction of sp³-hybridized carbons (Fsp3) is 0.263. The van der Waals surface area contributed by atoms with Gasteiger partial charge in [0.05, 0.1) is 10.5 Å². The number of anilines is 1. The summed E-state index contributed by atoms with van der Waals surface area (Å²) in [6.07, 6.45) is 1.74. The van der Waals surface area contributed by atoms with Gasteiger partial charge in [0.1, 0.15) is 0 Å². The molecule has 1 heterocycles. The average molecular weight is 388 g/mol. The summed E-state index contributed by atoms with van der Waals surface area (Å²) in [5, 5.41) is 2.57. The largest absolute Gasteiger partial charge is 0.452 e. The Morgan fingerprint density at radius 3 is 2.22 bits per heavy atom. The van der Waals surface area contributed by atoms with E-state index in [1.165, 1.54) is 28.6 Å². The van der Waals surface area contributed by atoms with Gasteiger partial charge >= 0.3 is 5.97 Å². The van der Waals surface area contributed by atoms with Crippen LogP contribution in [0.3, 0.4) is 0 Å². The van der Waals surface area contributed by atoms with Crippen molar-refractivity contribution in [2.75, 3.05) is 25.0 Å². The van der Waals surface area contributed by atoms with Gasteiger partial charge in [-0.2, -0.15) is 4.31 Å². The van der Waals surface area contributed by atoms with Gasteiger partial charge in [-0.3, -0.25) is 4.79 Å². The number of rotatable bonds is 6. The summed E-state index contributed by atoms with van der Waals surface area (Å²) >= 11 is 0. The number of hydrogen-bond acceptors (Lipinski definition) is 5. The third-order valence-electron chi connectivity index (χ3n) is 4.18. The summed E-state index contributed by atoms with van der Waals surface area (Å²) in [5.41, 5.74) is 0.790. The van der Waals surface area contributed by atoms with Gasteiger partial charge in [-0.25, -0.2) is 13.2 Å². The van der Waals surface area contributed by atoms with E-state index in [-0.39, 0.29) is 4.90 Å². The van der Waals surface area contributed by atoms with Crippen LogP contribution in [0.25, 0.3) is 0 Å². The first-order chi connectivity index (χ1) is 13.0. The van der Waals surface area contributed by atoms with Gasteiger partial charge in [0.2, 0.25) is 10.0 Å². The van der Waals surface area contributed by atoms with E-state index in [4.69, 9.17) is 4.74 Å². The van der Waals surface area contributed by atoms with Crippen LogP contribution >= 0.6 is 0 Å². The predicted octanol–water partition coefficient (Wildman–Crippen LogP) is 2.27. The number of nitrogens with one attached hydrogen (secondary N) is 1. The van der Waals surface area contributed by atoms with Crippen molar-refractivity contribution >= 4 is 27.6 Å². The first-order valence-electron chi connectivity index (χ1n) is 8.59. The van der Waals surface area contributed by atoms with E-state index in [2.05, 4.69) is 5.32 Å². The predicted molar refractivity (Wildman–Crippen MR) is 99.8 cm³/mol. The summed E-state index contributed by atoms with van der Waals surface area (Å²) in [4.78, 5) is 23.9. The zero-order chi connectivity index (χ0) is 19.3. The van der Waals surface area contributed by atoms with E-state index < -0.39 is 28.5 Å². The van der Waals surface area contributed by atoms with Crippen LogP contribution in [-0.2, 0) is 19.6 Å². The standard InChI is InChI=1S/C19H20N2O5S/c22-18(14-26-19(23)15-6-2-1-3-7-15)20-16-8-10-17(11-9-16)27(24,25)21-12-4-5-13-21/h1-3,6-11H,4-5,12-14H2,(H,20,22). The van der Waals surface area contributed by atoms with Gasteiger partial charge < -0.3 is 10.1 Å². The molecule has 3 rings (SSSR count). The second-order valence-corrected chi connectivity index (χ2v) is 8.06. The highest BCUT2D eigenvalue weighted by atomic mass is 32.2. The molecule has 0 radical (unpaired) electrons. The zero-order valence-corrected chi connectivity index (χ0v) is 15.4. The van der Waals surface area contributed by atoms with Crippen molar-refractivity contribution in [2.24, 2.45) is 0 Å². The Morgan fingerprint density at radius 2 is 1.59 bits per heavy atom. The number of ether oxygens (including phenoxy) is 1. The van der Waals surface area contributed by atoms with E-state index in [9.17, 15) is 18.0 Å². The number of carbonyl (C=O) groups is 2. The molecule has 8 heteroatoms. The molecular formula is C19H20N2O5S. The molecule has 0 bridgehead atoms. The summed E-state index contributed by atoms with van der Waals surface area (Å²) in [7, 11) is -3.48. The maximum Gasteiger partial charge on any atom is 0.338 e. The summed E-state index contributed by atoms with van der Waals surface area (Å²) in [5.74, 6) is -1.09. The monoisotopic (exact) mass is 388 g/mol. The smallest absolute Gasteiger partial charge is 0.338 e. The van der Waals surface area contributed by atoms with Crippen LogP contribution in [0.4, 0.5) is 5.69 Å². The quantitative estimate of drug-likeness (QED) is 0.767. The molecule has 0 saturated carbocycles. The van der Waals surface area contributed by atoms with Crippen LogP contribution in [0.15, 0.2) is 59.5 Å². The van der Waals surface area contributed by atoms with Crippen LogP contribution in [0, 0.1) is 0 Å². The number of hydrogen-bond donors (Lipinski definition) is 1. The van der Waals surface area contributed by atoms with Crippen molar-refractivity contribution in [1.29, 1.82) is 0 Å². The number of carbonyl (C=O) groups excluding carboxylic acids is 2. The lowest BCUT2D eigenvalue weighted by atomic mass is 10.2.